The lowest BCUT2D eigenvalue weighted by Gasteiger charge is -2.17. The van der Waals surface area contributed by atoms with Crippen LogP contribution in [0.3, 0.4) is 0 Å². The van der Waals surface area contributed by atoms with E-state index in [1.165, 1.54) is 23.1 Å². The van der Waals surface area contributed by atoms with Gasteiger partial charge in [0.25, 0.3) is 5.91 Å². The number of ether oxygens (including phenoxy) is 1. The van der Waals surface area contributed by atoms with E-state index in [9.17, 15) is 9.59 Å². The highest BCUT2D eigenvalue weighted by molar-refractivity contribution is 8.00. The molecule has 1 unspecified atom stereocenters. The van der Waals surface area contributed by atoms with Crippen LogP contribution in [0.4, 0.5) is 10.8 Å². The average molecular weight is 560 g/mol. The first-order chi connectivity index (χ1) is 18.5. The highest BCUT2D eigenvalue weighted by atomic mass is 35.5. The van der Waals surface area contributed by atoms with Gasteiger partial charge in [-0.05, 0) is 60.2 Å². The van der Waals surface area contributed by atoms with E-state index in [1.807, 2.05) is 66.7 Å². The number of hydrogen-bond acceptors (Lipinski definition) is 6. The molecule has 5 rings (SSSR count). The van der Waals surface area contributed by atoms with Crippen molar-refractivity contribution in [3.05, 3.63) is 113 Å². The number of nitrogens with one attached hydrogen (secondary N) is 2. The highest BCUT2D eigenvalue weighted by Crippen LogP contribution is 2.38. The molecule has 5 aromatic rings. The minimum atomic E-state index is -0.545. The van der Waals surface area contributed by atoms with Gasteiger partial charge in [-0.25, -0.2) is 4.98 Å². The fourth-order valence-corrected chi connectivity index (χ4v) is 5.94. The molecule has 0 bridgehead atoms. The zero-order chi connectivity index (χ0) is 26.5. The first-order valence-corrected chi connectivity index (χ1v) is 13.7. The van der Waals surface area contributed by atoms with Crippen molar-refractivity contribution >= 4 is 67.5 Å². The van der Waals surface area contributed by atoms with Crippen LogP contribution in [0.25, 0.3) is 10.2 Å². The number of nitrogens with zero attached hydrogens (tertiary/aromatic N) is 1. The van der Waals surface area contributed by atoms with Gasteiger partial charge in [0.2, 0.25) is 5.91 Å². The molecule has 0 saturated carbocycles. The average Bonchev–Trinajstić information content (AvgIpc) is 3.33. The number of rotatable bonds is 8. The lowest BCUT2D eigenvalue weighted by molar-refractivity contribution is -0.115. The van der Waals surface area contributed by atoms with E-state index in [2.05, 4.69) is 15.6 Å². The van der Waals surface area contributed by atoms with Crippen molar-refractivity contribution in [2.24, 2.45) is 0 Å². The maximum Gasteiger partial charge on any atom is 0.255 e. The SMILES string of the molecule is COc1ccc2nc(NC(=O)C(Sc3cccc(NC(=O)c4cccc(Cl)c4)c3)c3ccccc3)sc2c1. The molecular weight excluding hydrogens is 538 g/mol. The second-order valence-corrected chi connectivity index (χ2v) is 10.9. The number of halogens is 1. The molecule has 1 heterocycles. The molecular formula is C29H22ClN3O3S2. The molecule has 6 nitrogen and oxygen atoms in total. The van der Waals surface area contributed by atoms with Gasteiger partial charge in [0, 0.05) is 21.2 Å². The summed E-state index contributed by atoms with van der Waals surface area (Å²) in [4.78, 5) is 31.6. The number of hydrogen-bond donors (Lipinski definition) is 2. The van der Waals surface area contributed by atoms with E-state index in [0.29, 0.717) is 21.4 Å². The van der Waals surface area contributed by atoms with E-state index in [-0.39, 0.29) is 11.8 Å². The van der Waals surface area contributed by atoms with Gasteiger partial charge in [0.1, 0.15) is 11.0 Å². The molecule has 1 atom stereocenters. The summed E-state index contributed by atoms with van der Waals surface area (Å²) in [7, 11) is 1.62. The Kier molecular flexibility index (Phi) is 7.93. The summed E-state index contributed by atoms with van der Waals surface area (Å²) in [6, 6.07) is 29.3. The number of fused-ring (bicyclic) bond motifs is 1. The predicted octanol–water partition coefficient (Wildman–Crippen LogP) is 7.68. The van der Waals surface area contributed by atoms with Gasteiger partial charge in [0.05, 0.1) is 17.3 Å². The summed E-state index contributed by atoms with van der Waals surface area (Å²) in [6.45, 7) is 0. The van der Waals surface area contributed by atoms with Gasteiger partial charge in [-0.1, -0.05) is 65.4 Å². The summed E-state index contributed by atoms with van der Waals surface area (Å²) in [5.41, 5.74) is 2.72. The summed E-state index contributed by atoms with van der Waals surface area (Å²) >= 11 is 8.81. The Morgan fingerprint density at radius 2 is 1.74 bits per heavy atom. The van der Waals surface area contributed by atoms with Crippen molar-refractivity contribution in [3.8, 4) is 5.75 Å². The number of thioether (sulfide) groups is 1. The zero-order valence-electron chi connectivity index (χ0n) is 20.2. The van der Waals surface area contributed by atoms with Crippen LogP contribution in [0.2, 0.25) is 5.02 Å². The second-order valence-electron chi connectivity index (χ2n) is 8.24. The van der Waals surface area contributed by atoms with Crippen LogP contribution in [-0.4, -0.2) is 23.9 Å². The number of carbonyl (C=O) groups excluding carboxylic acids is 2. The minimum Gasteiger partial charge on any atom is -0.497 e. The summed E-state index contributed by atoms with van der Waals surface area (Å²) in [5.74, 6) is 0.277. The molecule has 9 heteroatoms. The van der Waals surface area contributed by atoms with Crippen LogP contribution >= 0.6 is 34.7 Å². The van der Waals surface area contributed by atoms with Crippen LogP contribution in [0.5, 0.6) is 5.75 Å². The molecule has 0 fully saturated rings. The number of carbonyl (C=O) groups is 2. The molecule has 0 aliphatic heterocycles. The van der Waals surface area contributed by atoms with Crippen molar-refractivity contribution in [2.45, 2.75) is 10.1 Å². The van der Waals surface area contributed by atoms with Crippen molar-refractivity contribution in [3.63, 3.8) is 0 Å². The Labute approximate surface area is 233 Å². The second kappa shape index (κ2) is 11.7. The number of anilines is 2. The molecule has 4 aromatic carbocycles. The Bertz CT molecular complexity index is 1610. The monoisotopic (exact) mass is 559 g/mol. The number of amides is 2. The normalized spacial score (nSPS) is 11.6. The topological polar surface area (TPSA) is 80.3 Å². The van der Waals surface area contributed by atoms with Gasteiger partial charge in [0.15, 0.2) is 5.13 Å². The maximum atomic E-state index is 13.5. The molecule has 1 aromatic heterocycles. The molecule has 2 N–H and O–H groups in total. The smallest absolute Gasteiger partial charge is 0.255 e. The molecule has 0 aliphatic carbocycles. The van der Waals surface area contributed by atoms with Crippen molar-refractivity contribution in [2.75, 3.05) is 17.7 Å². The lowest BCUT2D eigenvalue weighted by Crippen LogP contribution is -2.19. The van der Waals surface area contributed by atoms with E-state index in [4.69, 9.17) is 16.3 Å². The third-order valence-corrected chi connectivity index (χ3v) is 8.02. The van der Waals surface area contributed by atoms with E-state index in [0.717, 1.165) is 26.4 Å². The third kappa shape index (κ3) is 6.16. The number of thiazole rings is 1. The molecule has 2 amide bonds. The van der Waals surface area contributed by atoms with Gasteiger partial charge in [-0.3, -0.25) is 9.59 Å². The predicted molar refractivity (Wildman–Crippen MR) is 156 cm³/mol. The Balaban J connectivity index is 1.36. The first-order valence-electron chi connectivity index (χ1n) is 11.6. The summed E-state index contributed by atoms with van der Waals surface area (Å²) in [6.07, 6.45) is 0. The largest absolute Gasteiger partial charge is 0.497 e. The number of benzene rings is 4. The van der Waals surface area contributed by atoms with E-state index in [1.54, 1.807) is 37.4 Å². The fourth-order valence-electron chi connectivity index (χ4n) is 3.77. The molecule has 0 saturated heterocycles. The van der Waals surface area contributed by atoms with Crippen LogP contribution in [0.1, 0.15) is 21.2 Å². The number of aromatic nitrogens is 1. The van der Waals surface area contributed by atoms with Crippen LogP contribution in [0, 0.1) is 0 Å². The first kappa shape index (κ1) is 25.8. The third-order valence-electron chi connectivity index (χ3n) is 5.60. The van der Waals surface area contributed by atoms with Crippen molar-refractivity contribution in [1.29, 1.82) is 0 Å². The molecule has 0 spiro atoms. The zero-order valence-corrected chi connectivity index (χ0v) is 22.6. The lowest BCUT2D eigenvalue weighted by atomic mass is 10.1. The van der Waals surface area contributed by atoms with Gasteiger partial charge in [-0.15, -0.1) is 11.8 Å². The van der Waals surface area contributed by atoms with Crippen molar-refractivity contribution in [1.82, 2.24) is 4.98 Å². The maximum absolute atomic E-state index is 13.5. The Morgan fingerprint density at radius 1 is 0.921 bits per heavy atom. The Morgan fingerprint density at radius 3 is 2.53 bits per heavy atom. The van der Waals surface area contributed by atoms with Gasteiger partial charge < -0.3 is 15.4 Å². The fraction of sp³-hybridized carbons (Fsp3) is 0.0690. The van der Waals surface area contributed by atoms with Gasteiger partial charge >= 0.3 is 0 Å². The standard InChI is InChI=1S/C29H22ClN3O3S2/c1-36-22-13-14-24-25(17-22)38-29(32-24)33-28(35)26(18-7-3-2-4-8-18)37-23-12-6-11-21(16-23)31-27(34)19-9-5-10-20(30)15-19/h2-17,26H,1H3,(H,31,34)(H,32,33,35). The molecule has 38 heavy (non-hydrogen) atoms. The van der Waals surface area contributed by atoms with Crippen molar-refractivity contribution < 1.29 is 14.3 Å². The minimum absolute atomic E-state index is 0.194. The summed E-state index contributed by atoms with van der Waals surface area (Å²) in [5, 5.41) is 6.35. The molecule has 190 valence electrons. The van der Waals surface area contributed by atoms with Crippen LogP contribution in [-0.2, 0) is 4.79 Å². The van der Waals surface area contributed by atoms with E-state index >= 15 is 0 Å². The highest BCUT2D eigenvalue weighted by Gasteiger charge is 2.23. The van der Waals surface area contributed by atoms with Crippen LogP contribution < -0.4 is 15.4 Å². The Hall–Kier alpha value is -3.85. The van der Waals surface area contributed by atoms with Crippen LogP contribution in [0.15, 0.2) is 102 Å². The quantitative estimate of drug-likeness (QED) is 0.191. The molecule has 0 aliphatic rings. The summed E-state index contributed by atoms with van der Waals surface area (Å²) < 4.78 is 6.22. The number of methoxy groups -OCH3 is 1. The van der Waals surface area contributed by atoms with E-state index < -0.39 is 5.25 Å². The molecule has 0 radical (unpaired) electrons. The van der Waals surface area contributed by atoms with Gasteiger partial charge in [-0.2, -0.15) is 0 Å².